The van der Waals surface area contributed by atoms with Gasteiger partial charge >= 0.3 is 58.2 Å². The fourth-order valence-electron chi connectivity index (χ4n) is 0.438. The Bertz CT molecular complexity index is 139. The van der Waals surface area contributed by atoms with Gasteiger partial charge in [0.25, 0.3) is 0 Å². The molecule has 1 rings (SSSR count). The van der Waals surface area contributed by atoms with Crippen LogP contribution in [0.25, 0.3) is 5.73 Å². The van der Waals surface area contributed by atoms with Gasteiger partial charge in [0.05, 0.1) is 0 Å². The van der Waals surface area contributed by atoms with E-state index in [1.807, 2.05) is 32.0 Å². The Kier molecular flexibility index (Phi) is 13.2. The van der Waals surface area contributed by atoms with Crippen molar-refractivity contribution in [2.24, 2.45) is 0 Å². The summed E-state index contributed by atoms with van der Waals surface area (Å²) in [4.78, 5) is 0. The van der Waals surface area contributed by atoms with Crippen LogP contribution in [0.15, 0.2) is 30.3 Å². The van der Waals surface area contributed by atoms with Gasteiger partial charge in [-0.1, -0.05) is 44.2 Å². The Morgan fingerprint density at radius 1 is 1.00 bits per heavy atom. The predicted molar refractivity (Wildman–Crippen MR) is 41.8 cm³/mol. The molecule has 0 saturated carbocycles. The van der Waals surface area contributed by atoms with Crippen molar-refractivity contribution >= 4 is 5.69 Å². The molecule has 1 nitrogen and oxygen atoms in total. The second-order valence-corrected chi connectivity index (χ2v) is 1.37. The number of rotatable bonds is 0. The third-order valence-corrected chi connectivity index (χ3v) is 0.774. The topological polar surface area (TPSA) is 23.8 Å². The smallest absolute Gasteiger partial charge is 0.699 e. The van der Waals surface area contributed by atoms with E-state index in [0.717, 1.165) is 0 Å². The Morgan fingerprint density at radius 3 is 1.60 bits per heavy atom. The molecule has 2 heteroatoms. The molecule has 1 N–H and O–H groups in total. The number of hydrogen-bond acceptors (Lipinski definition) is 0. The van der Waals surface area contributed by atoms with Gasteiger partial charge < -0.3 is 5.73 Å². The minimum absolute atomic E-state index is 0. The fourth-order valence-corrected chi connectivity index (χ4v) is 0.438. The van der Waals surface area contributed by atoms with Crippen LogP contribution < -0.4 is 58.2 Å². The molecule has 0 spiro atoms. The SMILES string of the molecule is CC.[NH-]c1ccccc1.[Rb+]. The van der Waals surface area contributed by atoms with E-state index in [4.69, 9.17) is 5.73 Å². The van der Waals surface area contributed by atoms with Gasteiger partial charge in [-0.3, -0.25) is 0 Å². The van der Waals surface area contributed by atoms with E-state index in [-0.39, 0.29) is 58.2 Å². The van der Waals surface area contributed by atoms with Gasteiger partial charge in [0.15, 0.2) is 0 Å². The molecule has 0 bridgehead atoms. The number of hydrogen-bond donors (Lipinski definition) is 0. The first-order valence-electron chi connectivity index (χ1n) is 3.16. The Morgan fingerprint density at radius 2 is 1.40 bits per heavy atom. The van der Waals surface area contributed by atoms with Crippen LogP contribution in [-0.4, -0.2) is 0 Å². The van der Waals surface area contributed by atoms with E-state index in [1.54, 1.807) is 12.1 Å². The van der Waals surface area contributed by atoms with Crippen molar-refractivity contribution in [3.63, 3.8) is 0 Å². The molecular formula is C8H12NRb. The van der Waals surface area contributed by atoms with Crippen LogP contribution in [0.4, 0.5) is 5.69 Å². The molecule has 0 fully saturated rings. The van der Waals surface area contributed by atoms with Gasteiger partial charge in [-0.2, -0.15) is 0 Å². The zero-order valence-corrected chi connectivity index (χ0v) is 11.8. The monoisotopic (exact) mass is 207 g/mol. The van der Waals surface area contributed by atoms with Crippen LogP contribution in [0, 0.1) is 0 Å². The molecule has 1 aromatic rings. The van der Waals surface area contributed by atoms with Crippen LogP contribution in [0.1, 0.15) is 13.8 Å². The van der Waals surface area contributed by atoms with Crippen molar-refractivity contribution in [3.05, 3.63) is 36.1 Å². The van der Waals surface area contributed by atoms with Crippen LogP contribution in [0.2, 0.25) is 0 Å². The van der Waals surface area contributed by atoms with E-state index in [9.17, 15) is 0 Å². The maximum absolute atomic E-state index is 7.00. The molecule has 10 heavy (non-hydrogen) atoms. The maximum Gasteiger partial charge on any atom is 1.00 e. The van der Waals surface area contributed by atoms with Crippen molar-refractivity contribution in [3.8, 4) is 0 Å². The van der Waals surface area contributed by atoms with E-state index in [0.29, 0.717) is 5.69 Å². The summed E-state index contributed by atoms with van der Waals surface area (Å²) in [5.74, 6) is 0. The molecule has 0 atom stereocenters. The first kappa shape index (κ1) is 13.4. The second kappa shape index (κ2) is 9.83. The summed E-state index contributed by atoms with van der Waals surface area (Å²) < 4.78 is 0. The maximum atomic E-state index is 7.00. The van der Waals surface area contributed by atoms with E-state index in [2.05, 4.69) is 0 Å². The third-order valence-electron chi connectivity index (χ3n) is 0.774. The van der Waals surface area contributed by atoms with Gasteiger partial charge in [-0.15, -0.1) is 5.69 Å². The van der Waals surface area contributed by atoms with Crippen LogP contribution >= 0.6 is 0 Å². The molecule has 0 amide bonds. The minimum atomic E-state index is 0. The molecular weight excluding hydrogens is 196 g/mol. The van der Waals surface area contributed by atoms with Crippen LogP contribution in [0.3, 0.4) is 0 Å². The summed E-state index contributed by atoms with van der Waals surface area (Å²) in [6.07, 6.45) is 0. The molecule has 0 aliphatic carbocycles. The predicted octanol–water partition coefficient (Wildman–Crippen LogP) is 0.400. The fraction of sp³-hybridized carbons (Fsp3) is 0.250. The molecule has 0 saturated heterocycles. The summed E-state index contributed by atoms with van der Waals surface area (Å²) in [6.45, 7) is 4.00. The third kappa shape index (κ3) is 6.94. The van der Waals surface area contributed by atoms with E-state index >= 15 is 0 Å². The normalized spacial score (nSPS) is 6.60. The second-order valence-electron chi connectivity index (χ2n) is 1.37. The zero-order valence-electron chi connectivity index (χ0n) is 6.89. The Hall–Kier alpha value is 0.825. The molecule has 1 aromatic carbocycles. The summed E-state index contributed by atoms with van der Waals surface area (Å²) in [5.41, 5.74) is 7.57. The molecule has 0 aliphatic rings. The van der Waals surface area contributed by atoms with Crippen LogP contribution in [0.5, 0.6) is 0 Å². The van der Waals surface area contributed by atoms with Crippen molar-refractivity contribution < 1.29 is 58.2 Å². The first-order valence-corrected chi connectivity index (χ1v) is 3.16. The van der Waals surface area contributed by atoms with Gasteiger partial charge in [0.1, 0.15) is 0 Å². The van der Waals surface area contributed by atoms with Gasteiger partial charge in [0, 0.05) is 0 Å². The average Bonchev–Trinajstić information content (AvgIpc) is 1.94. The summed E-state index contributed by atoms with van der Waals surface area (Å²) in [7, 11) is 0. The molecule has 0 unspecified atom stereocenters. The van der Waals surface area contributed by atoms with E-state index in [1.165, 1.54) is 0 Å². The number of benzene rings is 1. The summed E-state index contributed by atoms with van der Waals surface area (Å²) in [5, 5.41) is 0. The first-order chi connectivity index (χ1) is 4.39. The van der Waals surface area contributed by atoms with Crippen LogP contribution in [-0.2, 0) is 0 Å². The zero-order chi connectivity index (χ0) is 7.11. The summed E-state index contributed by atoms with van der Waals surface area (Å²) in [6, 6.07) is 9.10. The molecule has 0 aromatic heterocycles. The average molecular weight is 208 g/mol. The van der Waals surface area contributed by atoms with Gasteiger partial charge in [-0.05, 0) is 0 Å². The Balaban J connectivity index is 0. The summed E-state index contributed by atoms with van der Waals surface area (Å²) >= 11 is 0. The standard InChI is InChI=1S/C6H6N.C2H6.Rb/c7-6-4-2-1-3-5-6;1-2;/h1-5,7H;1-2H3;/q-1;;+1. The molecule has 0 aliphatic heterocycles. The molecule has 0 radical (unpaired) electrons. The minimum Gasteiger partial charge on any atom is -0.699 e. The van der Waals surface area contributed by atoms with Gasteiger partial charge in [0.2, 0.25) is 0 Å². The molecule has 0 heterocycles. The number of nitrogens with one attached hydrogen (secondary N) is 1. The van der Waals surface area contributed by atoms with Crippen molar-refractivity contribution in [2.45, 2.75) is 13.8 Å². The van der Waals surface area contributed by atoms with Crippen molar-refractivity contribution in [1.29, 1.82) is 0 Å². The molecule has 50 valence electrons. The quantitative estimate of drug-likeness (QED) is 0.588. The van der Waals surface area contributed by atoms with E-state index < -0.39 is 0 Å². The van der Waals surface area contributed by atoms with Crippen molar-refractivity contribution in [2.75, 3.05) is 0 Å². The largest absolute Gasteiger partial charge is 1.00 e. The van der Waals surface area contributed by atoms with Crippen molar-refractivity contribution in [1.82, 2.24) is 0 Å². The Labute approximate surface area is 112 Å². The van der Waals surface area contributed by atoms with Gasteiger partial charge in [-0.25, -0.2) is 0 Å².